The standard InChI is InChI=1S/6CH4.2FH/h6*1H4;2*1H. The molecule has 0 N–H and O–H groups in total. The van der Waals surface area contributed by atoms with Crippen LogP contribution in [0.25, 0.3) is 0 Å². The van der Waals surface area contributed by atoms with Crippen molar-refractivity contribution in [1.29, 1.82) is 0 Å². The highest BCUT2D eigenvalue weighted by Crippen LogP contribution is 0.421. The van der Waals surface area contributed by atoms with Crippen LogP contribution >= 0.6 is 0 Å². The molecule has 0 amide bonds. The van der Waals surface area contributed by atoms with E-state index in [-0.39, 0.29) is 54.0 Å². The monoisotopic (exact) mass is 136 g/mol. The molecule has 0 bridgehead atoms. The van der Waals surface area contributed by atoms with Gasteiger partial charge in [0.1, 0.15) is 0 Å². The van der Waals surface area contributed by atoms with Gasteiger partial charge >= 0.3 is 0 Å². The van der Waals surface area contributed by atoms with E-state index >= 15 is 0 Å². The largest absolute Gasteiger partial charge is 0.269 e. The molecule has 0 aromatic heterocycles. The Kier molecular flexibility index (Phi) is 28400000. The summed E-state index contributed by atoms with van der Waals surface area (Å²) in [5, 5.41) is 0. The van der Waals surface area contributed by atoms with Crippen molar-refractivity contribution in [3.05, 3.63) is 0 Å². The average Bonchev–Trinajstić information content (AvgIpc) is 0. The van der Waals surface area contributed by atoms with Crippen LogP contribution < -0.4 is 0 Å². The third-order valence-electron chi connectivity index (χ3n) is 0. The van der Waals surface area contributed by atoms with Gasteiger partial charge in [0.2, 0.25) is 0 Å². The van der Waals surface area contributed by atoms with Crippen molar-refractivity contribution >= 4 is 0 Å². The summed E-state index contributed by atoms with van der Waals surface area (Å²) in [6, 6.07) is 0. The molecule has 0 aromatic carbocycles. The van der Waals surface area contributed by atoms with Crippen LogP contribution in [0, 0.1) is 0 Å². The Morgan fingerprint density at radius 1 is 0.250 bits per heavy atom. The first-order valence-corrected chi connectivity index (χ1v) is 0. The number of hydrogen-bond acceptors (Lipinski definition) is 0. The van der Waals surface area contributed by atoms with Crippen LogP contribution in [0.5, 0.6) is 0 Å². The molecule has 0 aromatic rings. The van der Waals surface area contributed by atoms with E-state index in [1.807, 2.05) is 0 Å². The van der Waals surface area contributed by atoms with Gasteiger partial charge in [-0.15, -0.1) is 0 Å². The van der Waals surface area contributed by atoms with Crippen LogP contribution in [0.3, 0.4) is 0 Å². The first kappa shape index (κ1) is 18900. The predicted octanol–water partition coefficient (Wildman–Crippen LogP) is 4.12. The summed E-state index contributed by atoms with van der Waals surface area (Å²) in [5.41, 5.74) is 0. The van der Waals surface area contributed by atoms with Crippen molar-refractivity contribution in [3.63, 3.8) is 0 Å². The van der Waals surface area contributed by atoms with Crippen molar-refractivity contribution < 1.29 is 9.41 Å². The first-order chi connectivity index (χ1) is 0. The lowest BCUT2D eigenvalue weighted by Gasteiger charge is -0.270. The minimum Gasteiger partial charge on any atom is -0.269 e. The molecule has 0 spiro atoms. The molecular formula is C6H26F2. The van der Waals surface area contributed by atoms with Crippen molar-refractivity contribution in [1.82, 2.24) is 0 Å². The molecule has 2 heteroatoms. The van der Waals surface area contributed by atoms with Crippen LogP contribution in [-0.2, 0) is 0 Å². The molecule has 0 heterocycles. The Morgan fingerprint density at radius 2 is 0.250 bits per heavy atom. The van der Waals surface area contributed by atoms with Crippen LogP contribution in [0.2, 0.25) is 0 Å². The maximum Gasteiger partial charge on any atom is -0.0776 e. The Bertz CT molecular complexity index is 6.49. The van der Waals surface area contributed by atoms with Crippen LogP contribution in [-0.4, -0.2) is 0 Å². The summed E-state index contributed by atoms with van der Waals surface area (Å²) >= 11 is 0. The second-order valence-corrected chi connectivity index (χ2v) is 0. The van der Waals surface area contributed by atoms with Crippen LogP contribution in [0.4, 0.5) is 9.41 Å². The van der Waals surface area contributed by atoms with Gasteiger partial charge in [0.15, 0.2) is 0 Å². The van der Waals surface area contributed by atoms with E-state index < -0.39 is 0 Å². The molecular weight excluding hydrogens is 110 g/mol. The van der Waals surface area contributed by atoms with Crippen molar-refractivity contribution in [2.45, 2.75) is 44.6 Å². The van der Waals surface area contributed by atoms with E-state index in [4.69, 9.17) is 0 Å². The molecule has 0 fully saturated rings. The normalized spacial score (nSPS) is 0. The van der Waals surface area contributed by atoms with Crippen molar-refractivity contribution in [3.8, 4) is 0 Å². The zero-order valence-electron chi connectivity index (χ0n) is 0.816. The molecule has 0 nitrogen and oxygen atoms in total. The second-order valence-electron chi connectivity index (χ2n) is 0. The molecule has 0 saturated heterocycles. The van der Waals surface area contributed by atoms with E-state index in [1.165, 1.54) is 0 Å². The molecule has 0 atom stereocenters. The molecule has 0 saturated carbocycles. The van der Waals surface area contributed by atoms with Gasteiger partial charge in [-0.05, 0) is 0 Å². The molecule has 64 valence electrons. The molecule has 0 rings (SSSR count). The van der Waals surface area contributed by atoms with Gasteiger partial charge in [0, 0.05) is 0 Å². The third-order valence-corrected chi connectivity index (χ3v) is 0. The zero-order chi connectivity index (χ0) is 0. The van der Waals surface area contributed by atoms with Gasteiger partial charge < -0.3 is 0 Å². The summed E-state index contributed by atoms with van der Waals surface area (Å²) in [6.07, 6.45) is 0. The fourth-order valence-corrected chi connectivity index (χ4v) is 0. The van der Waals surface area contributed by atoms with E-state index in [9.17, 15) is 0 Å². The minimum atomic E-state index is 0. The van der Waals surface area contributed by atoms with E-state index in [2.05, 4.69) is 0 Å². The Balaban J connectivity index is 0. The lowest BCUT2D eigenvalue weighted by molar-refractivity contribution is 1.11. The van der Waals surface area contributed by atoms with Gasteiger partial charge in [-0.3, -0.25) is 9.41 Å². The lowest BCUT2D eigenvalue weighted by atomic mass is 12.0. The van der Waals surface area contributed by atoms with Gasteiger partial charge in [-0.25, -0.2) is 0 Å². The molecule has 0 unspecified atom stereocenters. The minimum absolute atomic E-state index is 0. The summed E-state index contributed by atoms with van der Waals surface area (Å²) in [7, 11) is 0. The smallest absolute Gasteiger partial charge is 0.0776 e. The maximum atomic E-state index is 0. The lowest BCUT2D eigenvalue weighted by Crippen LogP contribution is 0.143. The summed E-state index contributed by atoms with van der Waals surface area (Å²) in [6.45, 7) is 0. The van der Waals surface area contributed by atoms with Gasteiger partial charge in [-0.1, -0.05) is 44.6 Å². The summed E-state index contributed by atoms with van der Waals surface area (Å²) in [5.74, 6) is 0. The third kappa shape index (κ3) is 7060. The Hall–Kier alpha value is -0.140. The molecule has 0 aliphatic carbocycles. The van der Waals surface area contributed by atoms with Gasteiger partial charge in [-0.2, -0.15) is 0 Å². The van der Waals surface area contributed by atoms with Crippen LogP contribution in [0.15, 0.2) is 0 Å². The van der Waals surface area contributed by atoms with Crippen LogP contribution in [0.1, 0.15) is 44.6 Å². The number of rotatable bonds is 0. The number of hydrogen-bond donors (Lipinski definition) is 0. The summed E-state index contributed by atoms with van der Waals surface area (Å²) < 4.78 is 0. The summed E-state index contributed by atoms with van der Waals surface area (Å²) in [4.78, 5) is 0. The van der Waals surface area contributed by atoms with E-state index in [1.54, 1.807) is 0 Å². The fraction of sp³-hybridized carbons (Fsp3) is 1.00. The maximum absolute atomic E-state index is 0. The Morgan fingerprint density at radius 3 is 0.250 bits per heavy atom. The zero-order valence-corrected chi connectivity index (χ0v) is 0.816. The topological polar surface area (TPSA) is 0 Å². The first-order valence-electron chi connectivity index (χ1n) is 0. The van der Waals surface area contributed by atoms with E-state index in [0.717, 1.165) is 0 Å². The Labute approximate surface area is 55.1 Å². The quantitative estimate of drug-likeness (QED) is 0.470. The SMILES string of the molecule is C.C.C.C.C.C.F.F. The molecule has 0 radical (unpaired) electrons. The predicted molar refractivity (Wildman–Crippen MR) is 45.4 cm³/mol. The van der Waals surface area contributed by atoms with E-state index in [0.29, 0.717) is 0 Å². The van der Waals surface area contributed by atoms with Crippen molar-refractivity contribution in [2.75, 3.05) is 0 Å². The van der Waals surface area contributed by atoms with Gasteiger partial charge in [0.25, 0.3) is 0 Å². The van der Waals surface area contributed by atoms with Crippen molar-refractivity contribution in [2.24, 2.45) is 0 Å². The molecule has 8 heavy (non-hydrogen) atoms. The molecule has 0 aliphatic rings. The highest BCUT2D eigenvalue weighted by atomic mass is 19.0. The highest BCUT2D eigenvalue weighted by molar-refractivity contribution is 2.51. The fourth-order valence-electron chi connectivity index (χ4n) is 0. The number of halogens is 2. The second kappa shape index (κ2) is 12000. The average molecular weight is 136 g/mol. The highest BCUT2D eigenvalue weighted by Gasteiger charge is -0.0725. The van der Waals surface area contributed by atoms with Gasteiger partial charge in [0.05, 0.1) is 0 Å². The molecule has 0 aliphatic heterocycles.